The molecule has 0 bridgehead atoms. The molecule has 88 valence electrons. The van der Waals surface area contributed by atoms with Gasteiger partial charge in [-0.3, -0.25) is 4.79 Å². The zero-order valence-electron chi connectivity index (χ0n) is 9.59. The lowest BCUT2D eigenvalue weighted by Crippen LogP contribution is -2.26. The maximum Gasteiger partial charge on any atom is 0.176 e. The van der Waals surface area contributed by atoms with Gasteiger partial charge in [0.15, 0.2) is 5.78 Å². The fourth-order valence-corrected chi connectivity index (χ4v) is 1.29. The van der Waals surface area contributed by atoms with Crippen molar-refractivity contribution in [1.29, 1.82) is 0 Å². The van der Waals surface area contributed by atoms with Gasteiger partial charge in [-0.2, -0.15) is 0 Å². The lowest BCUT2D eigenvalue weighted by molar-refractivity contribution is 0.0990. The standard InChI is InChI=1S/C12H17FN2O/c1-8(2)6-15-7-12(16)9-3-4-10(13)11(14)5-9/h3-5,8,15H,6-7,14H2,1-2H3. The van der Waals surface area contributed by atoms with Crippen molar-refractivity contribution in [2.45, 2.75) is 13.8 Å². The second-order valence-electron chi connectivity index (χ2n) is 4.18. The van der Waals surface area contributed by atoms with Crippen molar-refractivity contribution < 1.29 is 9.18 Å². The molecule has 3 nitrogen and oxygen atoms in total. The van der Waals surface area contributed by atoms with Crippen molar-refractivity contribution in [3.8, 4) is 0 Å². The average molecular weight is 224 g/mol. The quantitative estimate of drug-likeness (QED) is 0.592. The van der Waals surface area contributed by atoms with Crippen LogP contribution in [0.4, 0.5) is 10.1 Å². The lowest BCUT2D eigenvalue weighted by Gasteiger charge is -2.07. The number of hydrogen-bond acceptors (Lipinski definition) is 3. The summed E-state index contributed by atoms with van der Waals surface area (Å²) in [6.45, 7) is 5.16. The van der Waals surface area contributed by atoms with Crippen LogP contribution in [0.15, 0.2) is 18.2 Å². The van der Waals surface area contributed by atoms with Gasteiger partial charge in [-0.25, -0.2) is 4.39 Å². The summed E-state index contributed by atoms with van der Waals surface area (Å²) < 4.78 is 12.9. The number of nitrogens with one attached hydrogen (secondary N) is 1. The van der Waals surface area contributed by atoms with Crippen molar-refractivity contribution in [2.75, 3.05) is 18.8 Å². The topological polar surface area (TPSA) is 55.1 Å². The zero-order valence-corrected chi connectivity index (χ0v) is 9.59. The summed E-state index contributed by atoms with van der Waals surface area (Å²) >= 11 is 0. The molecule has 4 heteroatoms. The summed E-state index contributed by atoms with van der Waals surface area (Å²) in [5, 5.41) is 3.03. The number of halogens is 1. The zero-order chi connectivity index (χ0) is 12.1. The number of anilines is 1. The molecule has 1 rings (SSSR count). The van der Waals surface area contributed by atoms with Crippen LogP contribution in [0.25, 0.3) is 0 Å². The first kappa shape index (κ1) is 12.6. The third-order valence-electron chi connectivity index (χ3n) is 2.16. The molecule has 0 amide bonds. The molecule has 3 N–H and O–H groups in total. The van der Waals surface area contributed by atoms with E-state index in [1.54, 1.807) is 0 Å². The molecule has 0 radical (unpaired) electrons. The molecule has 0 fully saturated rings. The molecule has 1 aromatic carbocycles. The summed E-state index contributed by atoms with van der Waals surface area (Å²) in [5.41, 5.74) is 5.84. The second kappa shape index (κ2) is 5.61. The Morgan fingerprint density at radius 3 is 2.75 bits per heavy atom. The monoisotopic (exact) mass is 224 g/mol. The van der Waals surface area contributed by atoms with E-state index in [1.165, 1.54) is 18.2 Å². The van der Waals surface area contributed by atoms with Crippen molar-refractivity contribution in [3.05, 3.63) is 29.6 Å². The molecule has 0 aliphatic carbocycles. The third-order valence-corrected chi connectivity index (χ3v) is 2.16. The Labute approximate surface area is 94.8 Å². The van der Waals surface area contributed by atoms with Gasteiger partial charge in [0.25, 0.3) is 0 Å². The van der Waals surface area contributed by atoms with Gasteiger partial charge < -0.3 is 11.1 Å². The number of rotatable bonds is 5. The van der Waals surface area contributed by atoms with Crippen LogP contribution in [0.5, 0.6) is 0 Å². The van der Waals surface area contributed by atoms with Gasteiger partial charge in [0.2, 0.25) is 0 Å². The lowest BCUT2D eigenvalue weighted by atomic mass is 10.1. The maximum absolute atomic E-state index is 12.9. The predicted octanol–water partition coefficient (Wildman–Crippen LogP) is 1.84. The molecular formula is C12H17FN2O. The predicted molar refractivity (Wildman–Crippen MR) is 62.9 cm³/mol. The maximum atomic E-state index is 12.9. The van der Waals surface area contributed by atoms with E-state index in [4.69, 9.17) is 5.73 Å². The number of carbonyl (C=O) groups excluding carboxylic acids is 1. The summed E-state index contributed by atoms with van der Waals surface area (Å²) in [7, 11) is 0. The van der Waals surface area contributed by atoms with Crippen molar-refractivity contribution in [2.24, 2.45) is 5.92 Å². The number of ketones is 1. The molecule has 1 aromatic rings. The van der Waals surface area contributed by atoms with Crippen LogP contribution in [0, 0.1) is 11.7 Å². The summed E-state index contributed by atoms with van der Waals surface area (Å²) in [5.74, 6) is -0.0786. The molecule has 0 atom stereocenters. The SMILES string of the molecule is CC(C)CNCC(=O)c1ccc(F)c(N)c1. The van der Waals surface area contributed by atoms with Gasteiger partial charge in [-0.15, -0.1) is 0 Å². The molecule has 0 aromatic heterocycles. The van der Waals surface area contributed by atoms with Crippen LogP contribution >= 0.6 is 0 Å². The largest absolute Gasteiger partial charge is 0.396 e. The van der Waals surface area contributed by atoms with Crippen LogP contribution in [0.3, 0.4) is 0 Å². The minimum Gasteiger partial charge on any atom is -0.396 e. The first-order chi connectivity index (χ1) is 7.50. The molecular weight excluding hydrogens is 207 g/mol. The van der Waals surface area contributed by atoms with E-state index in [2.05, 4.69) is 19.2 Å². The number of hydrogen-bond donors (Lipinski definition) is 2. The Morgan fingerprint density at radius 2 is 2.19 bits per heavy atom. The number of nitrogen functional groups attached to an aromatic ring is 1. The highest BCUT2D eigenvalue weighted by atomic mass is 19.1. The number of carbonyl (C=O) groups is 1. The van der Waals surface area contributed by atoms with E-state index in [-0.39, 0.29) is 18.0 Å². The highest BCUT2D eigenvalue weighted by Gasteiger charge is 2.07. The van der Waals surface area contributed by atoms with E-state index in [1.807, 2.05) is 0 Å². The minimum atomic E-state index is -0.494. The molecule has 0 unspecified atom stereocenters. The van der Waals surface area contributed by atoms with E-state index >= 15 is 0 Å². The third kappa shape index (κ3) is 3.62. The van der Waals surface area contributed by atoms with E-state index in [0.29, 0.717) is 11.5 Å². The normalized spacial score (nSPS) is 10.8. The molecule has 0 saturated heterocycles. The fraction of sp³-hybridized carbons (Fsp3) is 0.417. The number of nitrogens with two attached hydrogens (primary N) is 1. The van der Waals surface area contributed by atoms with Gasteiger partial charge in [0, 0.05) is 5.56 Å². The molecule has 16 heavy (non-hydrogen) atoms. The van der Waals surface area contributed by atoms with Crippen LogP contribution in [0.2, 0.25) is 0 Å². The van der Waals surface area contributed by atoms with Gasteiger partial charge in [0.05, 0.1) is 12.2 Å². The summed E-state index contributed by atoms with van der Waals surface area (Å²) in [6.07, 6.45) is 0. The molecule has 0 aliphatic heterocycles. The Bertz CT molecular complexity index is 377. The Morgan fingerprint density at radius 1 is 1.50 bits per heavy atom. The van der Waals surface area contributed by atoms with Gasteiger partial charge in [-0.1, -0.05) is 13.8 Å². The van der Waals surface area contributed by atoms with E-state index in [9.17, 15) is 9.18 Å². The highest BCUT2D eigenvalue weighted by Crippen LogP contribution is 2.12. The first-order valence-corrected chi connectivity index (χ1v) is 5.29. The molecule has 0 aliphatic rings. The van der Waals surface area contributed by atoms with Gasteiger partial charge >= 0.3 is 0 Å². The molecule has 0 spiro atoms. The van der Waals surface area contributed by atoms with Crippen LogP contribution in [-0.2, 0) is 0 Å². The van der Waals surface area contributed by atoms with Crippen LogP contribution in [0.1, 0.15) is 24.2 Å². The van der Waals surface area contributed by atoms with E-state index < -0.39 is 5.82 Å². The number of Topliss-reactive ketones (excluding diaryl/α,β-unsaturated/α-hetero) is 1. The van der Waals surface area contributed by atoms with Crippen molar-refractivity contribution in [3.63, 3.8) is 0 Å². The smallest absolute Gasteiger partial charge is 0.176 e. The van der Waals surface area contributed by atoms with E-state index in [0.717, 1.165) is 6.54 Å². The highest BCUT2D eigenvalue weighted by molar-refractivity contribution is 5.98. The summed E-state index contributed by atoms with van der Waals surface area (Å²) in [6, 6.07) is 4.03. The van der Waals surface area contributed by atoms with Gasteiger partial charge in [-0.05, 0) is 30.7 Å². The average Bonchev–Trinajstić information content (AvgIpc) is 2.21. The fourth-order valence-electron chi connectivity index (χ4n) is 1.29. The number of benzene rings is 1. The molecule has 0 heterocycles. The summed E-state index contributed by atoms with van der Waals surface area (Å²) in [4.78, 5) is 11.6. The Balaban J connectivity index is 2.56. The van der Waals surface area contributed by atoms with Crippen molar-refractivity contribution >= 4 is 11.5 Å². The van der Waals surface area contributed by atoms with Crippen LogP contribution in [-0.4, -0.2) is 18.9 Å². The van der Waals surface area contributed by atoms with Gasteiger partial charge in [0.1, 0.15) is 5.82 Å². The first-order valence-electron chi connectivity index (χ1n) is 5.29. The minimum absolute atomic E-state index is 0.00899. The van der Waals surface area contributed by atoms with Crippen LogP contribution < -0.4 is 11.1 Å². The molecule has 0 saturated carbocycles. The second-order valence-corrected chi connectivity index (χ2v) is 4.18. The Kier molecular flexibility index (Phi) is 4.43. The Hall–Kier alpha value is -1.42. The van der Waals surface area contributed by atoms with Crippen molar-refractivity contribution in [1.82, 2.24) is 5.32 Å².